The molecule has 8 heteroatoms. The van der Waals surface area contributed by atoms with Gasteiger partial charge in [0, 0.05) is 12.6 Å². The lowest BCUT2D eigenvalue weighted by Gasteiger charge is -2.42. The molecule has 7 nitrogen and oxygen atoms in total. The lowest BCUT2D eigenvalue weighted by atomic mass is 9.82. The van der Waals surface area contributed by atoms with Crippen molar-refractivity contribution in [2.24, 2.45) is 5.92 Å². The van der Waals surface area contributed by atoms with Crippen molar-refractivity contribution < 1.29 is 22.7 Å². The Labute approximate surface area is 190 Å². The number of nitrogens with one attached hydrogen (secondary N) is 1. The van der Waals surface area contributed by atoms with Crippen molar-refractivity contribution in [1.82, 2.24) is 9.62 Å². The summed E-state index contributed by atoms with van der Waals surface area (Å²) in [6.45, 7) is 0.932. The summed E-state index contributed by atoms with van der Waals surface area (Å²) in [7, 11) is -3.37. The maximum atomic E-state index is 13.2. The van der Waals surface area contributed by atoms with Gasteiger partial charge in [-0.3, -0.25) is 4.79 Å². The Morgan fingerprint density at radius 1 is 1.03 bits per heavy atom. The molecular weight excluding hydrogens is 428 g/mol. The van der Waals surface area contributed by atoms with Gasteiger partial charge in [-0.1, -0.05) is 18.2 Å². The molecule has 32 heavy (non-hydrogen) atoms. The van der Waals surface area contributed by atoms with E-state index in [1.807, 2.05) is 18.2 Å². The van der Waals surface area contributed by atoms with Crippen molar-refractivity contribution >= 4 is 15.9 Å². The normalized spacial score (nSPS) is 31.5. The van der Waals surface area contributed by atoms with Gasteiger partial charge in [-0.25, -0.2) is 13.1 Å². The Kier molecular flexibility index (Phi) is 6.45. The molecule has 1 saturated heterocycles. The number of ether oxygens (including phenoxy) is 2. The predicted octanol–water partition coefficient (Wildman–Crippen LogP) is 2.81. The molecule has 0 radical (unpaired) electrons. The van der Waals surface area contributed by atoms with Crippen LogP contribution in [0, 0.1) is 5.92 Å². The van der Waals surface area contributed by atoms with Gasteiger partial charge < -0.3 is 14.4 Å². The van der Waals surface area contributed by atoms with Crippen LogP contribution in [-0.4, -0.2) is 62.9 Å². The number of fused-ring (bicyclic) bond motifs is 5. The Bertz CT molecular complexity index is 924. The maximum Gasteiger partial charge on any atom is 0.260 e. The van der Waals surface area contributed by atoms with Crippen LogP contribution in [0.2, 0.25) is 0 Å². The summed E-state index contributed by atoms with van der Waals surface area (Å²) in [5.74, 6) is 1.58. The van der Waals surface area contributed by atoms with Crippen LogP contribution in [-0.2, 0) is 19.6 Å². The van der Waals surface area contributed by atoms with E-state index in [9.17, 15) is 13.2 Å². The van der Waals surface area contributed by atoms with Crippen molar-refractivity contribution in [2.75, 3.05) is 25.5 Å². The number of para-hydroxylation sites is 1. The number of carbonyl (C=O) groups is 1. The van der Waals surface area contributed by atoms with Gasteiger partial charge >= 0.3 is 0 Å². The highest BCUT2D eigenvalue weighted by molar-refractivity contribution is 7.89. The van der Waals surface area contributed by atoms with Crippen molar-refractivity contribution in [1.29, 1.82) is 0 Å². The third-order valence-corrected chi connectivity index (χ3v) is 9.04. The molecule has 0 aromatic heterocycles. The SMILES string of the molecule is O=C1COc2ccccc2C2CCC(CC2)OCC2[C@@H](NS(=O)(=O)CC3CC3)CCCN12. The molecule has 1 amide bonds. The van der Waals surface area contributed by atoms with Crippen molar-refractivity contribution in [3.63, 3.8) is 0 Å². The van der Waals surface area contributed by atoms with Crippen LogP contribution in [0.3, 0.4) is 0 Å². The number of piperidine rings is 1. The van der Waals surface area contributed by atoms with Gasteiger partial charge in [-0.2, -0.15) is 0 Å². The highest BCUT2D eigenvalue weighted by atomic mass is 32.2. The number of rotatable bonds is 4. The van der Waals surface area contributed by atoms with Gasteiger partial charge in [0.05, 0.1) is 24.5 Å². The largest absolute Gasteiger partial charge is 0.483 e. The van der Waals surface area contributed by atoms with E-state index in [1.54, 1.807) is 4.90 Å². The fourth-order valence-electron chi connectivity index (χ4n) is 5.53. The molecule has 2 aliphatic carbocycles. The molecule has 1 unspecified atom stereocenters. The lowest BCUT2D eigenvalue weighted by molar-refractivity contribution is -0.140. The molecule has 2 bridgehead atoms. The quantitative estimate of drug-likeness (QED) is 0.744. The molecule has 3 fully saturated rings. The molecule has 1 aromatic rings. The van der Waals surface area contributed by atoms with E-state index in [-0.39, 0.29) is 42.4 Å². The second-order valence-electron chi connectivity index (χ2n) is 9.88. The number of sulfonamides is 1. The summed E-state index contributed by atoms with van der Waals surface area (Å²) in [5.41, 5.74) is 1.18. The molecule has 3 heterocycles. The zero-order chi connectivity index (χ0) is 22.1. The van der Waals surface area contributed by atoms with Crippen LogP contribution < -0.4 is 9.46 Å². The number of hydrogen-bond acceptors (Lipinski definition) is 5. The van der Waals surface area contributed by atoms with E-state index < -0.39 is 10.0 Å². The molecule has 2 saturated carbocycles. The standard InChI is InChI=1S/C24H34N2O5S/c27-24-15-31-23-6-2-1-4-20(23)18-9-11-19(12-10-18)30-14-22-21(5-3-13-26(22)24)25-32(28,29)16-17-7-8-17/h1-2,4,6,17-19,21-22,25H,3,5,7-16H2/t18?,19?,21-,22?/m0/s1. The van der Waals surface area contributed by atoms with E-state index in [4.69, 9.17) is 9.47 Å². The average molecular weight is 463 g/mol. The highest BCUT2D eigenvalue weighted by Gasteiger charge is 2.39. The number of hydrogen-bond donors (Lipinski definition) is 1. The van der Waals surface area contributed by atoms with Gasteiger partial charge in [0.2, 0.25) is 10.0 Å². The molecule has 1 N–H and O–H groups in total. The smallest absolute Gasteiger partial charge is 0.260 e. The summed E-state index contributed by atoms with van der Waals surface area (Å²) in [5, 5.41) is 0. The molecule has 176 valence electrons. The Balaban J connectivity index is 1.37. The number of carbonyl (C=O) groups excluding carboxylic acids is 1. The van der Waals surface area contributed by atoms with Crippen LogP contribution in [0.4, 0.5) is 0 Å². The fraction of sp³-hybridized carbons (Fsp3) is 0.708. The first kappa shape index (κ1) is 22.2. The van der Waals surface area contributed by atoms with Crippen LogP contribution >= 0.6 is 0 Å². The van der Waals surface area contributed by atoms with E-state index in [2.05, 4.69) is 10.8 Å². The van der Waals surface area contributed by atoms with Crippen molar-refractivity contribution in [2.45, 2.75) is 75.5 Å². The maximum absolute atomic E-state index is 13.2. The van der Waals surface area contributed by atoms with Crippen LogP contribution in [0.25, 0.3) is 0 Å². The first-order valence-electron chi connectivity index (χ1n) is 12.1. The minimum absolute atomic E-state index is 0.0365. The number of benzene rings is 1. The van der Waals surface area contributed by atoms with E-state index in [1.165, 1.54) is 5.56 Å². The molecule has 0 spiro atoms. The van der Waals surface area contributed by atoms with Gasteiger partial charge in [0.1, 0.15) is 5.75 Å². The van der Waals surface area contributed by atoms with Gasteiger partial charge in [0.25, 0.3) is 5.91 Å². The molecule has 1 aromatic carbocycles. The van der Waals surface area contributed by atoms with Crippen molar-refractivity contribution in [3.05, 3.63) is 29.8 Å². The van der Waals surface area contributed by atoms with Crippen molar-refractivity contribution in [3.8, 4) is 5.75 Å². The van der Waals surface area contributed by atoms with E-state index >= 15 is 0 Å². The van der Waals surface area contributed by atoms with Gasteiger partial charge in [-0.05, 0) is 74.8 Å². The van der Waals surface area contributed by atoms with Crippen LogP contribution in [0.1, 0.15) is 62.8 Å². The molecule has 6 rings (SSSR count). The second kappa shape index (κ2) is 9.31. The molecular formula is C24H34N2O5S. The third kappa shape index (κ3) is 5.13. The minimum Gasteiger partial charge on any atom is -0.483 e. The van der Waals surface area contributed by atoms with Gasteiger partial charge in [0.15, 0.2) is 6.61 Å². The Morgan fingerprint density at radius 3 is 2.59 bits per heavy atom. The topological polar surface area (TPSA) is 84.9 Å². The summed E-state index contributed by atoms with van der Waals surface area (Å²) >= 11 is 0. The fourth-order valence-corrected chi connectivity index (χ4v) is 7.32. The highest BCUT2D eigenvalue weighted by Crippen LogP contribution is 2.39. The first-order valence-corrected chi connectivity index (χ1v) is 13.8. The summed E-state index contributed by atoms with van der Waals surface area (Å²) < 4.78 is 40.7. The zero-order valence-corrected chi connectivity index (χ0v) is 19.4. The molecule has 3 aliphatic heterocycles. The monoisotopic (exact) mass is 462 g/mol. The molecule has 5 aliphatic rings. The zero-order valence-electron chi connectivity index (χ0n) is 18.6. The third-order valence-electron chi connectivity index (χ3n) is 7.47. The number of nitrogens with zero attached hydrogens (tertiary/aromatic N) is 1. The van der Waals surface area contributed by atoms with Crippen LogP contribution in [0.15, 0.2) is 24.3 Å². The average Bonchev–Trinajstić information content (AvgIpc) is 3.59. The predicted molar refractivity (Wildman–Crippen MR) is 121 cm³/mol. The number of amides is 1. The summed E-state index contributed by atoms with van der Waals surface area (Å²) in [6.07, 6.45) is 7.63. The Morgan fingerprint density at radius 2 is 1.81 bits per heavy atom. The molecule has 2 atom stereocenters. The van der Waals surface area contributed by atoms with E-state index in [0.717, 1.165) is 57.1 Å². The van der Waals surface area contributed by atoms with Gasteiger partial charge in [-0.15, -0.1) is 0 Å². The van der Waals surface area contributed by atoms with E-state index in [0.29, 0.717) is 19.1 Å². The summed E-state index contributed by atoms with van der Waals surface area (Å²) in [6, 6.07) is 7.43. The first-order chi connectivity index (χ1) is 15.5. The summed E-state index contributed by atoms with van der Waals surface area (Å²) in [4.78, 5) is 15.0. The second-order valence-corrected chi connectivity index (χ2v) is 11.7. The minimum atomic E-state index is -3.37. The van der Waals surface area contributed by atoms with Crippen LogP contribution in [0.5, 0.6) is 5.75 Å². The lowest BCUT2D eigenvalue weighted by Crippen LogP contribution is -2.60. The Hall–Kier alpha value is -1.64.